The van der Waals surface area contributed by atoms with Gasteiger partial charge in [0.2, 0.25) is 0 Å². The zero-order valence-electron chi connectivity index (χ0n) is 10.3. The van der Waals surface area contributed by atoms with Gasteiger partial charge < -0.3 is 25.2 Å². The topological polar surface area (TPSA) is 90.2 Å². The predicted molar refractivity (Wildman–Crippen MR) is 62.2 cm³/mol. The highest BCUT2D eigenvalue weighted by Gasteiger charge is 2.00. The van der Waals surface area contributed by atoms with Crippen LogP contribution in [-0.2, 0) is 4.74 Å². The quantitative estimate of drug-likeness (QED) is 0.444. The first kappa shape index (κ1) is 18.2. The standard InChI is InChI=1S/C6H14O3.C5H12O2/c1-5(8)4-9-6(2)3-7;6-4-2-1-3-5-7/h5-8H,3-4H2,1-2H3;6-7H,1-5H2. The molecule has 4 N–H and O–H groups in total. The van der Waals surface area contributed by atoms with Gasteiger partial charge in [0, 0.05) is 13.2 Å². The molecule has 0 aliphatic heterocycles. The minimum absolute atomic E-state index is 0.00667. The van der Waals surface area contributed by atoms with E-state index in [-0.39, 0.29) is 25.9 Å². The third-order valence-corrected chi connectivity index (χ3v) is 1.70. The lowest BCUT2D eigenvalue weighted by atomic mass is 10.2. The van der Waals surface area contributed by atoms with Gasteiger partial charge in [-0.05, 0) is 33.1 Å². The first-order valence-electron chi connectivity index (χ1n) is 5.70. The van der Waals surface area contributed by atoms with Crippen molar-refractivity contribution in [2.75, 3.05) is 26.4 Å². The van der Waals surface area contributed by atoms with E-state index >= 15 is 0 Å². The first-order valence-corrected chi connectivity index (χ1v) is 5.70. The van der Waals surface area contributed by atoms with Crippen molar-refractivity contribution in [3.8, 4) is 0 Å². The number of aliphatic hydroxyl groups excluding tert-OH is 4. The summed E-state index contributed by atoms with van der Waals surface area (Å²) in [6, 6.07) is 0. The third kappa shape index (κ3) is 19.4. The van der Waals surface area contributed by atoms with Crippen LogP contribution in [0.2, 0.25) is 0 Å². The molecule has 100 valence electrons. The maximum absolute atomic E-state index is 8.69. The van der Waals surface area contributed by atoms with Gasteiger partial charge in [-0.3, -0.25) is 0 Å². The maximum Gasteiger partial charge on any atom is 0.0779 e. The van der Waals surface area contributed by atoms with Gasteiger partial charge in [-0.15, -0.1) is 0 Å². The molecule has 2 unspecified atom stereocenters. The van der Waals surface area contributed by atoms with Crippen LogP contribution in [0.3, 0.4) is 0 Å². The van der Waals surface area contributed by atoms with Crippen LogP contribution in [0.25, 0.3) is 0 Å². The Morgan fingerprint density at radius 3 is 1.75 bits per heavy atom. The molecule has 0 aliphatic carbocycles. The predicted octanol–water partition coefficient (Wildman–Crippen LogP) is -0.0941. The maximum atomic E-state index is 8.69. The van der Waals surface area contributed by atoms with Crippen molar-refractivity contribution in [2.45, 2.75) is 45.3 Å². The lowest BCUT2D eigenvalue weighted by molar-refractivity contribution is -0.0177. The summed E-state index contributed by atoms with van der Waals surface area (Å²) in [5.41, 5.74) is 0. The number of unbranched alkanes of at least 4 members (excludes halogenated alkanes) is 2. The molecular weight excluding hydrogens is 212 g/mol. The van der Waals surface area contributed by atoms with E-state index in [9.17, 15) is 0 Å². The molecule has 5 nitrogen and oxygen atoms in total. The zero-order chi connectivity index (χ0) is 12.8. The highest BCUT2D eigenvalue weighted by molar-refractivity contribution is 4.47. The van der Waals surface area contributed by atoms with Crippen molar-refractivity contribution in [2.24, 2.45) is 0 Å². The summed E-state index contributed by atoms with van der Waals surface area (Å²) in [6.07, 6.45) is 1.97. The molecule has 0 aliphatic rings. The molecule has 16 heavy (non-hydrogen) atoms. The van der Waals surface area contributed by atoms with Crippen LogP contribution < -0.4 is 0 Å². The van der Waals surface area contributed by atoms with E-state index in [1.807, 2.05) is 0 Å². The molecule has 0 spiro atoms. The molecule has 0 fully saturated rings. The van der Waals surface area contributed by atoms with Gasteiger partial charge in [0.25, 0.3) is 0 Å². The van der Waals surface area contributed by atoms with Gasteiger partial charge in [0.15, 0.2) is 0 Å². The van der Waals surface area contributed by atoms with Crippen LogP contribution in [-0.4, -0.2) is 59.1 Å². The van der Waals surface area contributed by atoms with Crippen molar-refractivity contribution >= 4 is 0 Å². The van der Waals surface area contributed by atoms with Crippen LogP contribution >= 0.6 is 0 Å². The van der Waals surface area contributed by atoms with E-state index in [0.29, 0.717) is 6.61 Å². The van der Waals surface area contributed by atoms with Crippen molar-refractivity contribution < 1.29 is 25.2 Å². The van der Waals surface area contributed by atoms with E-state index in [1.165, 1.54) is 0 Å². The molecule has 0 saturated carbocycles. The summed E-state index contributed by atoms with van der Waals surface area (Å²) in [4.78, 5) is 0. The van der Waals surface area contributed by atoms with E-state index in [2.05, 4.69) is 0 Å². The molecule has 0 saturated heterocycles. The number of ether oxygens (including phenoxy) is 1. The Bertz CT molecular complexity index is 115. The van der Waals surface area contributed by atoms with Crippen molar-refractivity contribution in [1.29, 1.82) is 0 Å². The smallest absolute Gasteiger partial charge is 0.0779 e. The summed E-state index contributed by atoms with van der Waals surface area (Å²) in [7, 11) is 0. The fraction of sp³-hybridized carbons (Fsp3) is 1.00. The van der Waals surface area contributed by atoms with E-state index in [0.717, 1.165) is 19.3 Å². The number of hydrogen-bond acceptors (Lipinski definition) is 5. The van der Waals surface area contributed by atoms with Crippen molar-refractivity contribution in [1.82, 2.24) is 0 Å². The Kier molecular flexibility index (Phi) is 16.8. The largest absolute Gasteiger partial charge is 0.396 e. The molecule has 0 rings (SSSR count). The number of aliphatic hydroxyl groups is 4. The zero-order valence-corrected chi connectivity index (χ0v) is 10.3. The van der Waals surface area contributed by atoms with E-state index in [1.54, 1.807) is 13.8 Å². The summed E-state index contributed by atoms with van der Waals surface area (Å²) in [5.74, 6) is 0. The normalized spacial score (nSPS) is 13.9. The van der Waals surface area contributed by atoms with Gasteiger partial charge in [-0.1, -0.05) is 0 Å². The summed E-state index contributed by atoms with van der Waals surface area (Å²) >= 11 is 0. The Morgan fingerprint density at radius 1 is 0.938 bits per heavy atom. The SMILES string of the molecule is CC(O)COC(C)CO.OCCCCCO. The lowest BCUT2D eigenvalue weighted by Gasteiger charge is -2.10. The molecule has 0 bridgehead atoms. The number of rotatable bonds is 8. The molecule has 2 atom stereocenters. The van der Waals surface area contributed by atoms with Crippen LogP contribution in [0.5, 0.6) is 0 Å². The highest BCUT2D eigenvalue weighted by atomic mass is 16.5. The minimum Gasteiger partial charge on any atom is -0.396 e. The average molecular weight is 238 g/mol. The van der Waals surface area contributed by atoms with Crippen molar-refractivity contribution in [3.63, 3.8) is 0 Å². The second kappa shape index (κ2) is 14.8. The minimum atomic E-state index is -0.445. The van der Waals surface area contributed by atoms with Crippen LogP contribution in [0.4, 0.5) is 0 Å². The molecule has 0 aromatic heterocycles. The molecule has 0 aromatic carbocycles. The summed E-state index contributed by atoms with van der Waals surface area (Å²) in [5, 5.41) is 33.6. The van der Waals surface area contributed by atoms with Crippen LogP contribution in [0.15, 0.2) is 0 Å². The van der Waals surface area contributed by atoms with E-state index in [4.69, 9.17) is 25.2 Å². The van der Waals surface area contributed by atoms with Crippen molar-refractivity contribution in [3.05, 3.63) is 0 Å². The highest BCUT2D eigenvalue weighted by Crippen LogP contribution is 1.90. The summed E-state index contributed by atoms with van der Waals surface area (Å²) in [6.45, 7) is 4.20. The van der Waals surface area contributed by atoms with Crippen LogP contribution in [0.1, 0.15) is 33.1 Å². The Labute approximate surface area is 97.7 Å². The Balaban J connectivity index is 0. The van der Waals surface area contributed by atoms with E-state index < -0.39 is 6.10 Å². The average Bonchev–Trinajstić information content (AvgIpc) is 2.27. The molecular formula is C11H26O5. The van der Waals surface area contributed by atoms with Gasteiger partial charge in [0.05, 0.1) is 25.4 Å². The second-order valence-corrected chi connectivity index (χ2v) is 3.68. The van der Waals surface area contributed by atoms with Crippen LogP contribution in [0, 0.1) is 0 Å². The van der Waals surface area contributed by atoms with Gasteiger partial charge >= 0.3 is 0 Å². The molecule has 0 amide bonds. The lowest BCUT2D eigenvalue weighted by Crippen LogP contribution is -2.19. The Morgan fingerprint density at radius 2 is 1.44 bits per heavy atom. The molecule has 5 heteroatoms. The van der Waals surface area contributed by atoms with Gasteiger partial charge in [-0.2, -0.15) is 0 Å². The Hall–Kier alpha value is -0.200. The third-order valence-electron chi connectivity index (χ3n) is 1.70. The molecule has 0 radical (unpaired) electrons. The number of hydrogen-bond donors (Lipinski definition) is 4. The molecule has 0 heterocycles. The summed E-state index contributed by atoms with van der Waals surface area (Å²) < 4.78 is 4.95. The monoisotopic (exact) mass is 238 g/mol. The van der Waals surface area contributed by atoms with Gasteiger partial charge in [0.1, 0.15) is 0 Å². The first-order chi connectivity index (χ1) is 7.58. The second-order valence-electron chi connectivity index (χ2n) is 3.68. The van der Waals surface area contributed by atoms with Gasteiger partial charge in [-0.25, -0.2) is 0 Å². The fourth-order valence-corrected chi connectivity index (χ4v) is 0.757. The fourth-order valence-electron chi connectivity index (χ4n) is 0.757. The molecule has 0 aromatic rings.